The highest BCUT2D eigenvalue weighted by molar-refractivity contribution is 7.99. The second-order valence-corrected chi connectivity index (χ2v) is 6.44. The maximum atomic E-state index is 6.11. The molecule has 1 saturated heterocycles. The molecule has 1 aliphatic rings. The molecule has 3 rings (SSSR count). The number of alkyl halides is 1. The van der Waals surface area contributed by atoms with Crippen LogP contribution in [0.15, 0.2) is 18.2 Å². The van der Waals surface area contributed by atoms with Crippen molar-refractivity contribution in [1.29, 1.82) is 0 Å². The summed E-state index contributed by atoms with van der Waals surface area (Å²) in [5, 5.41) is 0. The molecule has 1 aliphatic heterocycles. The van der Waals surface area contributed by atoms with E-state index >= 15 is 0 Å². The standard InChI is InChI=1S/C15H19ClN2OS/c1-2-7-19-13-5-3-4-12-15(13)17-14(9-16)18(12)11-6-8-20-10-11/h3-5,11H,2,6-10H2,1H3. The molecular weight excluding hydrogens is 292 g/mol. The van der Waals surface area contributed by atoms with Gasteiger partial charge in [0.2, 0.25) is 0 Å². The fourth-order valence-electron chi connectivity index (χ4n) is 2.70. The maximum Gasteiger partial charge on any atom is 0.147 e. The summed E-state index contributed by atoms with van der Waals surface area (Å²) >= 11 is 8.11. The molecule has 0 amide bonds. The number of para-hydroxylation sites is 1. The Kier molecular flexibility index (Phi) is 4.41. The summed E-state index contributed by atoms with van der Waals surface area (Å²) in [6, 6.07) is 6.68. The van der Waals surface area contributed by atoms with Crippen LogP contribution in [0.5, 0.6) is 5.75 Å². The Morgan fingerprint density at radius 3 is 3.10 bits per heavy atom. The zero-order chi connectivity index (χ0) is 13.9. The van der Waals surface area contributed by atoms with Gasteiger partial charge in [0, 0.05) is 11.8 Å². The Morgan fingerprint density at radius 2 is 2.40 bits per heavy atom. The zero-order valence-electron chi connectivity index (χ0n) is 11.6. The molecule has 0 bridgehead atoms. The number of imidazole rings is 1. The first-order valence-electron chi connectivity index (χ1n) is 7.11. The molecule has 0 N–H and O–H groups in total. The van der Waals surface area contributed by atoms with Gasteiger partial charge in [-0.25, -0.2) is 4.98 Å². The molecule has 0 aliphatic carbocycles. The lowest BCUT2D eigenvalue weighted by atomic mass is 10.2. The first kappa shape index (κ1) is 14.1. The Morgan fingerprint density at radius 1 is 1.50 bits per heavy atom. The van der Waals surface area contributed by atoms with E-state index in [1.165, 1.54) is 12.2 Å². The number of rotatable bonds is 5. The summed E-state index contributed by atoms with van der Waals surface area (Å²) in [6.07, 6.45) is 2.19. The van der Waals surface area contributed by atoms with Crippen LogP contribution in [-0.4, -0.2) is 27.7 Å². The second-order valence-electron chi connectivity index (χ2n) is 5.02. The van der Waals surface area contributed by atoms with E-state index in [4.69, 9.17) is 21.3 Å². The number of halogens is 1. The van der Waals surface area contributed by atoms with Crippen molar-refractivity contribution in [2.45, 2.75) is 31.7 Å². The first-order valence-corrected chi connectivity index (χ1v) is 8.80. The predicted molar refractivity (Wildman–Crippen MR) is 86.1 cm³/mol. The van der Waals surface area contributed by atoms with Crippen LogP contribution < -0.4 is 4.74 Å². The maximum absolute atomic E-state index is 6.11. The van der Waals surface area contributed by atoms with Gasteiger partial charge in [-0.15, -0.1) is 11.6 Å². The van der Waals surface area contributed by atoms with Crippen LogP contribution in [-0.2, 0) is 5.88 Å². The molecule has 1 unspecified atom stereocenters. The lowest BCUT2D eigenvalue weighted by Gasteiger charge is -2.14. The highest BCUT2D eigenvalue weighted by Gasteiger charge is 2.23. The van der Waals surface area contributed by atoms with Crippen molar-refractivity contribution in [1.82, 2.24) is 9.55 Å². The largest absolute Gasteiger partial charge is 0.491 e. The van der Waals surface area contributed by atoms with Gasteiger partial charge >= 0.3 is 0 Å². The molecule has 2 aromatic rings. The average Bonchev–Trinajstić information content (AvgIpc) is 3.10. The summed E-state index contributed by atoms with van der Waals surface area (Å²) in [6.45, 7) is 2.83. The van der Waals surface area contributed by atoms with Gasteiger partial charge < -0.3 is 9.30 Å². The fraction of sp³-hybridized carbons (Fsp3) is 0.533. The number of thioether (sulfide) groups is 1. The summed E-state index contributed by atoms with van der Waals surface area (Å²) in [4.78, 5) is 4.73. The van der Waals surface area contributed by atoms with Gasteiger partial charge in [0.05, 0.1) is 18.0 Å². The van der Waals surface area contributed by atoms with Crippen LogP contribution in [0.25, 0.3) is 11.0 Å². The molecule has 20 heavy (non-hydrogen) atoms. The van der Waals surface area contributed by atoms with Crippen molar-refractivity contribution in [2.24, 2.45) is 0 Å². The van der Waals surface area contributed by atoms with Crippen molar-refractivity contribution in [3.05, 3.63) is 24.0 Å². The van der Waals surface area contributed by atoms with Gasteiger partial charge in [0.1, 0.15) is 17.1 Å². The van der Waals surface area contributed by atoms with Crippen molar-refractivity contribution >= 4 is 34.4 Å². The third-order valence-corrected chi connectivity index (χ3v) is 4.99. The summed E-state index contributed by atoms with van der Waals surface area (Å²) in [5.74, 6) is 4.65. The van der Waals surface area contributed by atoms with Crippen molar-refractivity contribution < 1.29 is 4.74 Å². The molecule has 1 aromatic carbocycles. The van der Waals surface area contributed by atoms with Crippen LogP contribution in [0.2, 0.25) is 0 Å². The van der Waals surface area contributed by atoms with Gasteiger partial charge in [-0.3, -0.25) is 0 Å². The highest BCUT2D eigenvalue weighted by Crippen LogP contribution is 2.35. The topological polar surface area (TPSA) is 27.1 Å². The number of benzene rings is 1. The van der Waals surface area contributed by atoms with Gasteiger partial charge in [0.25, 0.3) is 0 Å². The third-order valence-electron chi connectivity index (χ3n) is 3.61. The van der Waals surface area contributed by atoms with Gasteiger partial charge in [-0.2, -0.15) is 11.8 Å². The van der Waals surface area contributed by atoms with Gasteiger partial charge in [-0.05, 0) is 30.7 Å². The number of ether oxygens (including phenoxy) is 1. The molecule has 3 nitrogen and oxygen atoms in total. The van der Waals surface area contributed by atoms with Crippen molar-refractivity contribution in [3.8, 4) is 5.75 Å². The van der Waals surface area contributed by atoms with Crippen LogP contribution >= 0.6 is 23.4 Å². The Hall–Kier alpha value is -0.870. The van der Waals surface area contributed by atoms with E-state index in [-0.39, 0.29) is 0 Å². The Labute approximate surface area is 128 Å². The molecule has 0 spiro atoms. The normalized spacial score (nSPS) is 18.8. The SMILES string of the molecule is CCCOc1cccc2c1nc(CCl)n2C1CCSC1. The monoisotopic (exact) mass is 310 g/mol. The molecule has 5 heteroatoms. The lowest BCUT2D eigenvalue weighted by Crippen LogP contribution is -2.10. The molecule has 0 radical (unpaired) electrons. The quantitative estimate of drug-likeness (QED) is 0.773. The van der Waals surface area contributed by atoms with Crippen LogP contribution in [0.1, 0.15) is 31.6 Å². The number of hydrogen-bond donors (Lipinski definition) is 0. The first-order chi connectivity index (χ1) is 9.85. The minimum absolute atomic E-state index is 0.447. The average molecular weight is 311 g/mol. The smallest absolute Gasteiger partial charge is 0.147 e. The van der Waals surface area contributed by atoms with E-state index in [9.17, 15) is 0 Å². The number of hydrogen-bond acceptors (Lipinski definition) is 3. The fourth-order valence-corrected chi connectivity index (χ4v) is 4.08. The molecule has 1 atom stereocenters. The van der Waals surface area contributed by atoms with Gasteiger partial charge in [-0.1, -0.05) is 13.0 Å². The van der Waals surface area contributed by atoms with E-state index in [2.05, 4.69) is 17.6 Å². The number of aromatic nitrogens is 2. The Balaban J connectivity index is 2.08. The molecule has 1 aromatic heterocycles. The molecular formula is C15H19ClN2OS. The van der Waals surface area contributed by atoms with E-state index in [1.807, 2.05) is 23.9 Å². The number of fused-ring (bicyclic) bond motifs is 1. The molecule has 108 valence electrons. The predicted octanol–water partition coefficient (Wildman–Crippen LogP) is 4.24. The zero-order valence-corrected chi connectivity index (χ0v) is 13.2. The van der Waals surface area contributed by atoms with E-state index in [1.54, 1.807) is 0 Å². The lowest BCUT2D eigenvalue weighted by molar-refractivity contribution is 0.320. The van der Waals surface area contributed by atoms with E-state index < -0.39 is 0 Å². The van der Waals surface area contributed by atoms with Crippen molar-refractivity contribution in [2.75, 3.05) is 18.1 Å². The Bertz CT molecular complexity index is 593. The second kappa shape index (κ2) is 6.27. The number of nitrogens with zero attached hydrogens (tertiary/aromatic N) is 2. The third kappa shape index (κ3) is 2.51. The van der Waals surface area contributed by atoms with E-state index in [0.717, 1.165) is 41.4 Å². The minimum atomic E-state index is 0.447. The summed E-state index contributed by atoms with van der Waals surface area (Å²) < 4.78 is 8.14. The molecule has 0 saturated carbocycles. The summed E-state index contributed by atoms with van der Waals surface area (Å²) in [5.41, 5.74) is 2.11. The summed E-state index contributed by atoms with van der Waals surface area (Å²) in [7, 11) is 0. The minimum Gasteiger partial charge on any atom is -0.491 e. The van der Waals surface area contributed by atoms with Crippen LogP contribution in [0.4, 0.5) is 0 Å². The molecule has 1 fully saturated rings. The van der Waals surface area contributed by atoms with Crippen LogP contribution in [0, 0.1) is 0 Å². The van der Waals surface area contributed by atoms with Crippen LogP contribution in [0.3, 0.4) is 0 Å². The highest BCUT2D eigenvalue weighted by atomic mass is 35.5. The molecule has 2 heterocycles. The van der Waals surface area contributed by atoms with Gasteiger partial charge in [0.15, 0.2) is 0 Å². The van der Waals surface area contributed by atoms with Crippen molar-refractivity contribution in [3.63, 3.8) is 0 Å². The van der Waals surface area contributed by atoms with E-state index in [0.29, 0.717) is 11.9 Å².